The number of carbonyl (C=O) groups is 2. The van der Waals surface area contributed by atoms with E-state index in [-0.39, 0.29) is 25.0 Å². The van der Waals surface area contributed by atoms with E-state index < -0.39 is 5.97 Å². The van der Waals surface area contributed by atoms with Crippen LogP contribution in [0.15, 0.2) is 47.1 Å². The van der Waals surface area contributed by atoms with Gasteiger partial charge in [0.15, 0.2) is 6.61 Å². The molecule has 0 aliphatic carbocycles. The summed E-state index contributed by atoms with van der Waals surface area (Å²) in [6.45, 7) is 3.91. The van der Waals surface area contributed by atoms with Crippen LogP contribution in [0.3, 0.4) is 0 Å². The molecule has 1 aromatic carbocycles. The van der Waals surface area contributed by atoms with Crippen molar-refractivity contribution in [1.29, 1.82) is 0 Å². The second kappa shape index (κ2) is 8.92. The maximum absolute atomic E-state index is 12.0. The van der Waals surface area contributed by atoms with E-state index in [9.17, 15) is 9.59 Å². The van der Waals surface area contributed by atoms with Crippen molar-refractivity contribution in [3.05, 3.63) is 54.0 Å². The van der Waals surface area contributed by atoms with Gasteiger partial charge in [0.2, 0.25) is 0 Å². The average molecular weight is 345 g/mol. The van der Waals surface area contributed by atoms with Gasteiger partial charge in [0, 0.05) is 7.05 Å². The highest BCUT2D eigenvalue weighted by atomic mass is 16.5. The van der Waals surface area contributed by atoms with Gasteiger partial charge in [-0.2, -0.15) is 0 Å². The van der Waals surface area contributed by atoms with Gasteiger partial charge in [-0.1, -0.05) is 12.1 Å². The number of nitrogens with zero attached hydrogens (tertiary/aromatic N) is 1. The van der Waals surface area contributed by atoms with Crippen LogP contribution in [0.5, 0.6) is 5.75 Å². The molecular formula is C19H23NO5. The van der Waals surface area contributed by atoms with Crippen LogP contribution in [-0.4, -0.2) is 36.5 Å². The van der Waals surface area contributed by atoms with E-state index in [1.807, 2.05) is 32.0 Å². The van der Waals surface area contributed by atoms with Crippen molar-refractivity contribution < 1.29 is 23.5 Å². The monoisotopic (exact) mass is 345 g/mol. The van der Waals surface area contributed by atoms with E-state index in [1.54, 1.807) is 31.5 Å². The lowest BCUT2D eigenvalue weighted by molar-refractivity contribution is -0.151. The summed E-state index contributed by atoms with van der Waals surface area (Å²) in [6, 6.07) is 10.8. The molecule has 0 bridgehead atoms. The molecule has 0 aliphatic rings. The highest BCUT2D eigenvalue weighted by molar-refractivity contribution is 5.81. The van der Waals surface area contributed by atoms with E-state index in [1.165, 1.54) is 4.90 Å². The molecule has 0 N–H and O–H groups in total. The predicted molar refractivity (Wildman–Crippen MR) is 92.1 cm³/mol. The molecule has 2 rings (SSSR count). The molecule has 0 radical (unpaired) electrons. The molecule has 6 heteroatoms. The molecule has 1 heterocycles. The van der Waals surface area contributed by atoms with Crippen LogP contribution in [0.1, 0.15) is 25.2 Å². The summed E-state index contributed by atoms with van der Waals surface area (Å²) in [4.78, 5) is 25.4. The van der Waals surface area contributed by atoms with E-state index in [2.05, 4.69) is 0 Å². The Labute approximate surface area is 147 Å². The Morgan fingerprint density at radius 2 is 2.00 bits per heavy atom. The minimum atomic E-state index is -0.457. The number of esters is 1. The Bertz CT molecular complexity index is 694. The van der Waals surface area contributed by atoms with Gasteiger partial charge in [-0.3, -0.25) is 9.59 Å². The quantitative estimate of drug-likeness (QED) is 0.688. The number of carbonyl (C=O) groups excluding carboxylic acids is 2. The van der Waals surface area contributed by atoms with E-state index >= 15 is 0 Å². The SMILES string of the molecule is CC(C)Oc1cccc(CC(=O)OCC(=O)N(C)Cc2ccco2)c1. The normalized spacial score (nSPS) is 10.6. The topological polar surface area (TPSA) is 69.0 Å². The predicted octanol–water partition coefficient (Wildman–Crippen LogP) is 2.81. The average Bonchev–Trinajstić information content (AvgIpc) is 3.05. The molecule has 2 aromatic rings. The van der Waals surface area contributed by atoms with E-state index in [4.69, 9.17) is 13.9 Å². The summed E-state index contributed by atoms with van der Waals surface area (Å²) in [5.41, 5.74) is 0.777. The smallest absolute Gasteiger partial charge is 0.310 e. The zero-order valence-corrected chi connectivity index (χ0v) is 14.7. The van der Waals surface area contributed by atoms with E-state index in [0.29, 0.717) is 18.1 Å². The van der Waals surface area contributed by atoms with Gasteiger partial charge in [-0.15, -0.1) is 0 Å². The number of likely N-dealkylation sites (N-methyl/N-ethyl adjacent to an activating group) is 1. The zero-order valence-electron chi connectivity index (χ0n) is 14.7. The van der Waals surface area contributed by atoms with Crippen LogP contribution in [0.25, 0.3) is 0 Å². The summed E-state index contributed by atoms with van der Waals surface area (Å²) in [5.74, 6) is 0.627. The van der Waals surface area contributed by atoms with Crippen molar-refractivity contribution in [1.82, 2.24) is 4.90 Å². The first kappa shape index (κ1) is 18.6. The fraction of sp³-hybridized carbons (Fsp3) is 0.368. The lowest BCUT2D eigenvalue weighted by atomic mass is 10.1. The Balaban J connectivity index is 1.79. The van der Waals surface area contributed by atoms with Crippen LogP contribution >= 0.6 is 0 Å². The number of benzene rings is 1. The van der Waals surface area contributed by atoms with Crippen molar-refractivity contribution in [2.45, 2.75) is 32.9 Å². The first-order valence-corrected chi connectivity index (χ1v) is 8.11. The lowest BCUT2D eigenvalue weighted by Crippen LogP contribution is -2.30. The minimum Gasteiger partial charge on any atom is -0.491 e. The van der Waals surface area contributed by atoms with E-state index in [0.717, 1.165) is 5.56 Å². The summed E-state index contributed by atoms with van der Waals surface area (Å²) in [7, 11) is 1.63. The van der Waals surface area contributed by atoms with Crippen LogP contribution in [0.2, 0.25) is 0 Å². The van der Waals surface area contributed by atoms with Crippen LogP contribution in [-0.2, 0) is 27.3 Å². The largest absolute Gasteiger partial charge is 0.491 e. The van der Waals surface area contributed by atoms with Crippen molar-refractivity contribution >= 4 is 11.9 Å². The first-order valence-electron chi connectivity index (χ1n) is 8.11. The molecule has 6 nitrogen and oxygen atoms in total. The molecule has 0 spiro atoms. The molecule has 0 unspecified atom stereocenters. The van der Waals surface area contributed by atoms with Gasteiger partial charge in [-0.05, 0) is 43.7 Å². The van der Waals surface area contributed by atoms with Crippen molar-refractivity contribution in [2.75, 3.05) is 13.7 Å². The van der Waals surface area contributed by atoms with Gasteiger partial charge < -0.3 is 18.8 Å². The first-order chi connectivity index (χ1) is 11.9. The lowest BCUT2D eigenvalue weighted by Gasteiger charge is -2.15. The number of furan rings is 1. The molecule has 134 valence electrons. The highest BCUT2D eigenvalue weighted by Gasteiger charge is 2.14. The fourth-order valence-corrected chi connectivity index (χ4v) is 2.20. The number of rotatable bonds is 8. The maximum atomic E-state index is 12.0. The van der Waals surface area contributed by atoms with Gasteiger partial charge in [0.05, 0.1) is 25.3 Å². The highest BCUT2D eigenvalue weighted by Crippen LogP contribution is 2.15. The zero-order chi connectivity index (χ0) is 18.2. The number of hydrogen-bond donors (Lipinski definition) is 0. The van der Waals surface area contributed by atoms with Crippen molar-refractivity contribution in [3.63, 3.8) is 0 Å². The van der Waals surface area contributed by atoms with Gasteiger partial charge >= 0.3 is 5.97 Å². The Morgan fingerprint density at radius 3 is 2.68 bits per heavy atom. The van der Waals surface area contributed by atoms with Gasteiger partial charge in [0.25, 0.3) is 5.91 Å². The van der Waals surface area contributed by atoms with Crippen LogP contribution in [0, 0.1) is 0 Å². The molecule has 0 fully saturated rings. The maximum Gasteiger partial charge on any atom is 0.310 e. The second-order valence-electron chi connectivity index (χ2n) is 5.98. The Morgan fingerprint density at radius 1 is 1.20 bits per heavy atom. The molecule has 1 amide bonds. The summed E-state index contributed by atoms with van der Waals surface area (Å²) in [5, 5.41) is 0. The van der Waals surface area contributed by atoms with Crippen molar-refractivity contribution in [2.24, 2.45) is 0 Å². The second-order valence-corrected chi connectivity index (χ2v) is 5.98. The third-order valence-electron chi connectivity index (χ3n) is 3.37. The molecular weight excluding hydrogens is 322 g/mol. The summed E-state index contributed by atoms with van der Waals surface area (Å²) >= 11 is 0. The van der Waals surface area contributed by atoms with Gasteiger partial charge in [0.1, 0.15) is 11.5 Å². The molecule has 0 saturated heterocycles. The number of amides is 1. The fourth-order valence-electron chi connectivity index (χ4n) is 2.20. The Hall–Kier alpha value is -2.76. The Kier molecular flexibility index (Phi) is 6.62. The number of hydrogen-bond acceptors (Lipinski definition) is 5. The standard InChI is InChI=1S/C19H23NO5/c1-14(2)25-16-7-4-6-15(10-16)11-19(22)24-13-18(21)20(3)12-17-8-5-9-23-17/h4-10,14H,11-13H2,1-3H3. The van der Waals surface area contributed by atoms with Crippen LogP contribution in [0.4, 0.5) is 0 Å². The van der Waals surface area contributed by atoms with Gasteiger partial charge in [-0.25, -0.2) is 0 Å². The van der Waals surface area contributed by atoms with Crippen molar-refractivity contribution in [3.8, 4) is 5.75 Å². The molecule has 25 heavy (non-hydrogen) atoms. The molecule has 0 aliphatic heterocycles. The molecule has 0 atom stereocenters. The number of ether oxygens (including phenoxy) is 2. The third kappa shape index (κ3) is 6.33. The summed E-state index contributed by atoms with van der Waals surface area (Å²) < 4.78 is 15.8. The summed E-state index contributed by atoms with van der Waals surface area (Å²) in [6.07, 6.45) is 1.69. The minimum absolute atomic E-state index is 0.0597. The molecule has 1 aromatic heterocycles. The third-order valence-corrected chi connectivity index (χ3v) is 3.37. The molecule has 0 saturated carbocycles. The van der Waals surface area contributed by atoms with Crippen LogP contribution < -0.4 is 4.74 Å².